The average Bonchev–Trinajstić information content (AvgIpc) is 2.45. The fourth-order valence-electron chi connectivity index (χ4n) is 2.47. The van der Waals surface area contributed by atoms with E-state index < -0.39 is 11.4 Å². The molecule has 20 heavy (non-hydrogen) atoms. The van der Waals surface area contributed by atoms with Gasteiger partial charge in [-0.15, -0.1) is 0 Å². The second kappa shape index (κ2) is 5.88. The normalized spacial score (nSPS) is 13.7. The van der Waals surface area contributed by atoms with Gasteiger partial charge in [-0.3, -0.25) is 4.79 Å². The van der Waals surface area contributed by atoms with Crippen molar-refractivity contribution in [3.05, 3.63) is 71.3 Å². The SMILES string of the molecule is Cc1cccc(C(CN)(Cc2ccccc2)C(=O)O)c1. The molecule has 0 aliphatic heterocycles. The van der Waals surface area contributed by atoms with Crippen LogP contribution in [-0.4, -0.2) is 17.6 Å². The van der Waals surface area contributed by atoms with Gasteiger partial charge in [-0.1, -0.05) is 60.2 Å². The van der Waals surface area contributed by atoms with E-state index in [0.29, 0.717) is 6.42 Å². The lowest BCUT2D eigenvalue weighted by Crippen LogP contribution is -2.45. The maximum Gasteiger partial charge on any atom is 0.315 e. The van der Waals surface area contributed by atoms with E-state index in [1.165, 1.54) is 0 Å². The van der Waals surface area contributed by atoms with Crippen molar-refractivity contribution in [1.82, 2.24) is 0 Å². The van der Waals surface area contributed by atoms with E-state index in [9.17, 15) is 9.90 Å². The molecule has 2 aromatic carbocycles. The zero-order valence-corrected chi connectivity index (χ0v) is 11.5. The van der Waals surface area contributed by atoms with Gasteiger partial charge >= 0.3 is 5.97 Å². The van der Waals surface area contributed by atoms with E-state index >= 15 is 0 Å². The Labute approximate surface area is 119 Å². The predicted octanol–water partition coefficient (Wildman–Crippen LogP) is 2.52. The third-order valence-corrected chi connectivity index (χ3v) is 3.68. The summed E-state index contributed by atoms with van der Waals surface area (Å²) >= 11 is 0. The van der Waals surface area contributed by atoms with Crippen molar-refractivity contribution in [3.8, 4) is 0 Å². The van der Waals surface area contributed by atoms with Crippen LogP contribution in [0.2, 0.25) is 0 Å². The summed E-state index contributed by atoms with van der Waals surface area (Å²) < 4.78 is 0. The Hall–Kier alpha value is -2.13. The molecule has 0 radical (unpaired) electrons. The standard InChI is InChI=1S/C17H19NO2/c1-13-6-5-9-15(10-13)17(12-18,16(19)20)11-14-7-3-2-4-8-14/h2-10H,11-12,18H2,1H3,(H,19,20). The molecule has 0 fully saturated rings. The van der Waals surface area contributed by atoms with Crippen molar-refractivity contribution in [2.75, 3.05) is 6.54 Å². The van der Waals surface area contributed by atoms with Crippen molar-refractivity contribution in [1.29, 1.82) is 0 Å². The molecule has 3 N–H and O–H groups in total. The molecule has 2 rings (SSSR count). The number of benzene rings is 2. The lowest BCUT2D eigenvalue weighted by molar-refractivity contribution is -0.143. The maximum atomic E-state index is 11.9. The van der Waals surface area contributed by atoms with E-state index in [2.05, 4.69) is 0 Å². The number of nitrogens with two attached hydrogens (primary N) is 1. The highest BCUT2D eigenvalue weighted by Crippen LogP contribution is 2.29. The van der Waals surface area contributed by atoms with E-state index in [1.807, 2.05) is 61.5 Å². The number of hydrogen-bond acceptors (Lipinski definition) is 2. The highest BCUT2D eigenvalue weighted by Gasteiger charge is 2.39. The van der Waals surface area contributed by atoms with Crippen LogP contribution in [0.3, 0.4) is 0 Å². The Kier molecular flexibility index (Phi) is 4.20. The molecule has 1 atom stereocenters. The molecular formula is C17H19NO2. The molecule has 0 bridgehead atoms. The molecule has 3 nitrogen and oxygen atoms in total. The molecule has 0 spiro atoms. The Morgan fingerprint density at radius 2 is 1.85 bits per heavy atom. The van der Waals surface area contributed by atoms with Gasteiger partial charge in [0.05, 0.1) is 0 Å². The van der Waals surface area contributed by atoms with Gasteiger partial charge in [0.15, 0.2) is 0 Å². The summed E-state index contributed by atoms with van der Waals surface area (Å²) in [6, 6.07) is 17.2. The fraction of sp³-hybridized carbons (Fsp3) is 0.235. The number of rotatable bonds is 5. The molecule has 0 aliphatic carbocycles. The summed E-state index contributed by atoms with van der Waals surface area (Å²) in [5, 5.41) is 9.75. The zero-order valence-electron chi connectivity index (χ0n) is 11.5. The molecule has 104 valence electrons. The zero-order chi connectivity index (χ0) is 14.6. The van der Waals surface area contributed by atoms with E-state index in [1.54, 1.807) is 0 Å². The molecule has 2 aromatic rings. The fourth-order valence-corrected chi connectivity index (χ4v) is 2.47. The van der Waals surface area contributed by atoms with Crippen molar-refractivity contribution >= 4 is 5.97 Å². The topological polar surface area (TPSA) is 63.3 Å². The number of hydrogen-bond donors (Lipinski definition) is 2. The van der Waals surface area contributed by atoms with Crippen LogP contribution < -0.4 is 5.73 Å². The molecule has 0 aromatic heterocycles. The van der Waals surface area contributed by atoms with E-state index in [-0.39, 0.29) is 6.54 Å². The van der Waals surface area contributed by atoms with Gasteiger partial charge in [0.2, 0.25) is 0 Å². The van der Waals surface area contributed by atoms with Crippen LogP contribution in [0.15, 0.2) is 54.6 Å². The minimum absolute atomic E-state index is 0.0701. The molecule has 0 saturated heterocycles. The summed E-state index contributed by atoms with van der Waals surface area (Å²) in [4.78, 5) is 11.9. The predicted molar refractivity (Wildman–Crippen MR) is 79.7 cm³/mol. The number of aliphatic carboxylic acids is 1. The quantitative estimate of drug-likeness (QED) is 0.876. The molecule has 1 unspecified atom stereocenters. The Morgan fingerprint density at radius 1 is 1.15 bits per heavy atom. The molecule has 0 saturated carbocycles. The van der Waals surface area contributed by atoms with Crippen molar-refractivity contribution in [2.45, 2.75) is 18.8 Å². The minimum Gasteiger partial charge on any atom is -0.481 e. The highest BCUT2D eigenvalue weighted by atomic mass is 16.4. The van der Waals surface area contributed by atoms with Crippen LogP contribution >= 0.6 is 0 Å². The first-order chi connectivity index (χ1) is 9.58. The molecular weight excluding hydrogens is 250 g/mol. The van der Waals surface area contributed by atoms with Crippen LogP contribution in [0.4, 0.5) is 0 Å². The van der Waals surface area contributed by atoms with Gasteiger partial charge in [-0.2, -0.15) is 0 Å². The van der Waals surface area contributed by atoms with Gasteiger partial charge in [0.25, 0.3) is 0 Å². The minimum atomic E-state index is -1.08. The maximum absolute atomic E-state index is 11.9. The van der Waals surface area contributed by atoms with Gasteiger partial charge in [-0.25, -0.2) is 0 Å². The van der Waals surface area contributed by atoms with Gasteiger partial charge < -0.3 is 10.8 Å². The summed E-state index contributed by atoms with van der Waals surface area (Å²) in [5.74, 6) is -0.880. The molecule has 0 heterocycles. The van der Waals surface area contributed by atoms with Crippen molar-refractivity contribution in [3.63, 3.8) is 0 Å². The summed E-state index contributed by atoms with van der Waals surface area (Å²) in [7, 11) is 0. The Morgan fingerprint density at radius 3 is 2.40 bits per heavy atom. The van der Waals surface area contributed by atoms with Crippen LogP contribution in [0, 0.1) is 6.92 Å². The van der Waals surface area contributed by atoms with Crippen LogP contribution in [0.25, 0.3) is 0 Å². The number of carboxylic acid groups (broad SMARTS) is 1. The number of carboxylic acids is 1. The number of aryl methyl sites for hydroxylation is 1. The largest absolute Gasteiger partial charge is 0.481 e. The van der Waals surface area contributed by atoms with E-state index in [0.717, 1.165) is 16.7 Å². The lowest BCUT2D eigenvalue weighted by atomic mass is 9.75. The smallest absolute Gasteiger partial charge is 0.315 e. The third-order valence-electron chi connectivity index (χ3n) is 3.68. The average molecular weight is 269 g/mol. The second-order valence-corrected chi connectivity index (χ2v) is 5.12. The van der Waals surface area contributed by atoms with Gasteiger partial charge in [0.1, 0.15) is 5.41 Å². The van der Waals surface area contributed by atoms with Crippen LogP contribution in [-0.2, 0) is 16.6 Å². The first kappa shape index (κ1) is 14.3. The molecule has 3 heteroatoms. The molecule has 0 amide bonds. The monoisotopic (exact) mass is 269 g/mol. The van der Waals surface area contributed by atoms with Gasteiger partial charge in [0, 0.05) is 6.54 Å². The first-order valence-electron chi connectivity index (χ1n) is 6.63. The lowest BCUT2D eigenvalue weighted by Gasteiger charge is -2.29. The van der Waals surface area contributed by atoms with Crippen molar-refractivity contribution in [2.24, 2.45) is 5.73 Å². The van der Waals surface area contributed by atoms with Crippen LogP contribution in [0.1, 0.15) is 16.7 Å². The van der Waals surface area contributed by atoms with Gasteiger partial charge in [-0.05, 0) is 24.5 Å². The summed E-state index contributed by atoms with van der Waals surface area (Å²) in [6.07, 6.45) is 0.392. The second-order valence-electron chi connectivity index (χ2n) is 5.12. The Bertz CT molecular complexity index is 595. The summed E-state index contributed by atoms with van der Waals surface area (Å²) in [5.41, 5.74) is 7.55. The van der Waals surface area contributed by atoms with E-state index in [4.69, 9.17) is 5.73 Å². The van der Waals surface area contributed by atoms with Crippen LogP contribution in [0.5, 0.6) is 0 Å². The molecule has 0 aliphatic rings. The third kappa shape index (κ3) is 2.73. The van der Waals surface area contributed by atoms with Crippen molar-refractivity contribution < 1.29 is 9.90 Å². The Balaban J connectivity index is 2.48. The first-order valence-corrected chi connectivity index (χ1v) is 6.63. The number of carbonyl (C=O) groups is 1. The highest BCUT2D eigenvalue weighted by molar-refractivity contribution is 5.82. The summed E-state index contributed by atoms with van der Waals surface area (Å²) in [6.45, 7) is 2.02.